The van der Waals surface area contributed by atoms with Crippen molar-refractivity contribution >= 4 is 11.7 Å². The van der Waals surface area contributed by atoms with Gasteiger partial charge in [0.15, 0.2) is 0 Å². The first-order valence-electron chi connectivity index (χ1n) is 5.46. The Labute approximate surface area is 114 Å². The molecule has 0 aliphatic heterocycles. The molecule has 0 amide bonds. The van der Waals surface area contributed by atoms with Crippen LogP contribution in [0.25, 0.3) is 0 Å². The summed E-state index contributed by atoms with van der Waals surface area (Å²) in [6.07, 6.45) is -5.70. The second kappa shape index (κ2) is 6.24. The van der Waals surface area contributed by atoms with Gasteiger partial charge in [0.2, 0.25) is 5.75 Å². The highest BCUT2D eigenvalue weighted by Gasteiger charge is 2.37. The van der Waals surface area contributed by atoms with Crippen LogP contribution in [-0.4, -0.2) is 28.8 Å². The maximum absolute atomic E-state index is 12.3. The van der Waals surface area contributed by atoms with E-state index in [0.717, 1.165) is 0 Å². The quantitative estimate of drug-likeness (QED) is 0.498. The lowest BCUT2D eigenvalue weighted by Gasteiger charge is -2.12. The SMILES string of the molecule is CCOC(=O)Cc1c(OC(F)(F)F)c([N+](=O)[O-])c[nH]c1=O. The standard InChI is InChI=1S/C10H9F3N2O6/c1-2-20-7(16)3-5-8(21-10(11,12)13)6(15(18)19)4-14-9(5)17/h4H,2-3H2,1H3,(H,14,17). The molecule has 0 spiro atoms. The first-order chi connectivity index (χ1) is 9.65. The van der Waals surface area contributed by atoms with Gasteiger partial charge in [-0.15, -0.1) is 13.2 Å². The number of hydrogen-bond acceptors (Lipinski definition) is 6. The number of ether oxygens (including phenoxy) is 2. The highest BCUT2D eigenvalue weighted by Crippen LogP contribution is 2.33. The van der Waals surface area contributed by atoms with Gasteiger partial charge in [0, 0.05) is 0 Å². The number of rotatable bonds is 5. The number of hydrogen-bond donors (Lipinski definition) is 1. The molecular formula is C10H9F3N2O6. The molecule has 1 rings (SSSR count). The fraction of sp³-hybridized carbons (Fsp3) is 0.400. The van der Waals surface area contributed by atoms with Crippen molar-refractivity contribution in [2.75, 3.05) is 6.61 Å². The lowest BCUT2D eigenvalue weighted by atomic mass is 10.1. The van der Waals surface area contributed by atoms with Crippen LogP contribution < -0.4 is 10.3 Å². The van der Waals surface area contributed by atoms with E-state index in [0.29, 0.717) is 6.20 Å². The lowest BCUT2D eigenvalue weighted by molar-refractivity contribution is -0.389. The Morgan fingerprint density at radius 3 is 2.57 bits per heavy atom. The minimum absolute atomic E-state index is 0.0683. The van der Waals surface area contributed by atoms with Gasteiger partial charge in [-0.25, -0.2) is 0 Å². The molecule has 1 aromatic heterocycles. The smallest absolute Gasteiger partial charge is 0.466 e. The largest absolute Gasteiger partial charge is 0.573 e. The van der Waals surface area contributed by atoms with Crippen LogP contribution in [0, 0.1) is 10.1 Å². The molecule has 0 radical (unpaired) electrons. The van der Waals surface area contributed by atoms with Crippen molar-refractivity contribution in [3.05, 3.63) is 32.2 Å². The monoisotopic (exact) mass is 310 g/mol. The Morgan fingerprint density at radius 2 is 2.10 bits per heavy atom. The molecule has 8 nitrogen and oxygen atoms in total. The van der Waals surface area contributed by atoms with Gasteiger partial charge in [-0.05, 0) is 6.92 Å². The molecule has 0 aliphatic rings. The highest BCUT2D eigenvalue weighted by molar-refractivity contribution is 5.74. The Kier molecular flexibility index (Phi) is 4.89. The van der Waals surface area contributed by atoms with E-state index in [1.165, 1.54) is 6.92 Å². The number of pyridine rings is 1. The fourth-order valence-electron chi connectivity index (χ4n) is 1.43. The van der Waals surface area contributed by atoms with Gasteiger partial charge in [0.05, 0.1) is 29.7 Å². The van der Waals surface area contributed by atoms with E-state index in [2.05, 4.69) is 9.47 Å². The number of carbonyl (C=O) groups is 1. The normalized spacial score (nSPS) is 11.0. The van der Waals surface area contributed by atoms with Crippen molar-refractivity contribution in [2.24, 2.45) is 0 Å². The molecule has 0 saturated heterocycles. The number of H-pyrrole nitrogens is 1. The Bertz CT molecular complexity index is 610. The summed E-state index contributed by atoms with van der Waals surface area (Å²) >= 11 is 0. The van der Waals surface area contributed by atoms with Gasteiger partial charge in [0.25, 0.3) is 5.56 Å². The third-order valence-corrected chi connectivity index (χ3v) is 2.16. The molecule has 0 saturated carbocycles. The molecule has 0 bridgehead atoms. The van der Waals surface area contributed by atoms with E-state index in [-0.39, 0.29) is 6.61 Å². The summed E-state index contributed by atoms with van der Waals surface area (Å²) < 4.78 is 44.9. The number of nitro groups is 1. The van der Waals surface area contributed by atoms with Crippen molar-refractivity contribution < 1.29 is 32.4 Å². The van der Waals surface area contributed by atoms with Crippen LogP contribution >= 0.6 is 0 Å². The zero-order valence-electron chi connectivity index (χ0n) is 10.5. The number of aromatic nitrogens is 1. The Hall–Kier alpha value is -2.59. The van der Waals surface area contributed by atoms with Crippen molar-refractivity contribution in [1.29, 1.82) is 0 Å². The lowest BCUT2D eigenvalue weighted by Crippen LogP contribution is -2.25. The van der Waals surface area contributed by atoms with Gasteiger partial charge in [-0.2, -0.15) is 0 Å². The molecule has 0 fully saturated rings. The van der Waals surface area contributed by atoms with Crippen LogP contribution in [0.5, 0.6) is 5.75 Å². The van der Waals surface area contributed by atoms with E-state index >= 15 is 0 Å². The topological polar surface area (TPSA) is 112 Å². The van der Waals surface area contributed by atoms with E-state index in [9.17, 15) is 32.9 Å². The van der Waals surface area contributed by atoms with Crippen LogP contribution in [0.2, 0.25) is 0 Å². The van der Waals surface area contributed by atoms with Gasteiger partial charge < -0.3 is 14.5 Å². The molecule has 0 aliphatic carbocycles. The van der Waals surface area contributed by atoms with E-state index in [1.54, 1.807) is 0 Å². The van der Waals surface area contributed by atoms with Gasteiger partial charge in [-0.1, -0.05) is 0 Å². The molecule has 1 N–H and O–H groups in total. The summed E-state index contributed by atoms with van der Waals surface area (Å²) in [4.78, 5) is 34.2. The van der Waals surface area contributed by atoms with Crippen molar-refractivity contribution in [3.63, 3.8) is 0 Å². The number of nitrogens with one attached hydrogen (secondary N) is 1. The van der Waals surface area contributed by atoms with Crippen molar-refractivity contribution in [2.45, 2.75) is 19.7 Å². The molecule has 11 heteroatoms. The van der Waals surface area contributed by atoms with Crippen LogP contribution in [0.3, 0.4) is 0 Å². The summed E-state index contributed by atoms with van der Waals surface area (Å²) in [6, 6.07) is 0. The second-order valence-corrected chi connectivity index (χ2v) is 3.60. The summed E-state index contributed by atoms with van der Waals surface area (Å²) in [5.74, 6) is -2.35. The number of nitrogens with zero attached hydrogens (tertiary/aromatic N) is 1. The average Bonchev–Trinajstić information content (AvgIpc) is 2.32. The van der Waals surface area contributed by atoms with E-state index in [1.807, 2.05) is 4.98 Å². The summed E-state index contributed by atoms with van der Waals surface area (Å²) in [7, 11) is 0. The molecule has 21 heavy (non-hydrogen) atoms. The van der Waals surface area contributed by atoms with Gasteiger partial charge in [-0.3, -0.25) is 19.7 Å². The van der Waals surface area contributed by atoms with E-state index in [4.69, 9.17) is 0 Å². The second-order valence-electron chi connectivity index (χ2n) is 3.60. The Morgan fingerprint density at radius 1 is 1.48 bits per heavy atom. The minimum Gasteiger partial charge on any atom is -0.466 e. The van der Waals surface area contributed by atoms with Crippen LogP contribution in [0.15, 0.2) is 11.0 Å². The predicted octanol–water partition coefficient (Wildman–Crippen LogP) is 1.29. The summed E-state index contributed by atoms with van der Waals surface area (Å²) in [5.41, 5.74) is -3.07. The highest BCUT2D eigenvalue weighted by atomic mass is 19.4. The maximum Gasteiger partial charge on any atom is 0.573 e. The van der Waals surface area contributed by atoms with Gasteiger partial charge >= 0.3 is 18.0 Å². The number of halogens is 3. The predicted molar refractivity (Wildman–Crippen MR) is 60.7 cm³/mol. The van der Waals surface area contributed by atoms with Crippen LogP contribution in [0.1, 0.15) is 12.5 Å². The number of aromatic amines is 1. The first kappa shape index (κ1) is 16.5. The average molecular weight is 310 g/mol. The van der Waals surface area contributed by atoms with Crippen LogP contribution in [0.4, 0.5) is 18.9 Å². The van der Waals surface area contributed by atoms with Crippen LogP contribution in [-0.2, 0) is 16.0 Å². The molecule has 0 unspecified atom stereocenters. The molecular weight excluding hydrogens is 301 g/mol. The molecule has 0 atom stereocenters. The summed E-state index contributed by atoms with van der Waals surface area (Å²) in [5, 5.41) is 10.7. The fourth-order valence-corrected chi connectivity index (χ4v) is 1.43. The maximum atomic E-state index is 12.3. The zero-order chi connectivity index (χ0) is 16.2. The zero-order valence-corrected chi connectivity index (χ0v) is 10.5. The van der Waals surface area contributed by atoms with E-state index < -0.39 is 46.2 Å². The Balaban J connectivity index is 3.38. The molecule has 116 valence electrons. The summed E-state index contributed by atoms with van der Waals surface area (Å²) in [6.45, 7) is 1.38. The molecule has 0 aromatic carbocycles. The van der Waals surface area contributed by atoms with Gasteiger partial charge in [0.1, 0.15) is 0 Å². The number of esters is 1. The number of alkyl halides is 3. The van der Waals surface area contributed by atoms with Crippen molar-refractivity contribution in [3.8, 4) is 5.75 Å². The number of carbonyl (C=O) groups excluding carboxylic acids is 1. The first-order valence-corrected chi connectivity index (χ1v) is 5.46. The third kappa shape index (κ3) is 4.47. The molecule has 1 aromatic rings. The minimum atomic E-state index is -5.26. The molecule has 1 heterocycles. The van der Waals surface area contributed by atoms with Crippen molar-refractivity contribution in [1.82, 2.24) is 4.98 Å². The third-order valence-electron chi connectivity index (χ3n) is 2.16.